The number of rotatable bonds is 8. The van der Waals surface area contributed by atoms with E-state index in [0.717, 1.165) is 5.56 Å². The molecule has 0 amide bonds. The molecule has 7 nitrogen and oxygen atoms in total. The second kappa shape index (κ2) is 8.59. The van der Waals surface area contributed by atoms with Gasteiger partial charge in [0.15, 0.2) is 4.90 Å². The zero-order valence-corrected chi connectivity index (χ0v) is 15.8. The Balaban J connectivity index is 2.36. The average Bonchev–Trinajstić information content (AvgIpc) is 2.59. The molecule has 2 N–H and O–H groups in total. The van der Waals surface area contributed by atoms with E-state index in [0.29, 0.717) is 11.4 Å². The lowest BCUT2D eigenvalue weighted by Gasteiger charge is -2.24. The van der Waals surface area contributed by atoms with Gasteiger partial charge in [-0.25, -0.2) is 8.42 Å². The van der Waals surface area contributed by atoms with Crippen LogP contribution in [-0.4, -0.2) is 36.8 Å². The number of nitro benzene ring substituents is 1. The summed E-state index contributed by atoms with van der Waals surface area (Å²) in [4.78, 5) is 10.2. The monoisotopic (exact) mass is 397 g/mol. The summed E-state index contributed by atoms with van der Waals surface area (Å²) in [5.41, 5.74) is 6.13. The Morgan fingerprint density at radius 2 is 1.81 bits per heavy atom. The van der Waals surface area contributed by atoms with Crippen LogP contribution >= 0.6 is 11.6 Å². The van der Waals surface area contributed by atoms with Gasteiger partial charge in [-0.05, 0) is 31.0 Å². The Labute approximate surface area is 157 Å². The quantitative estimate of drug-likeness (QED) is 0.544. The van der Waals surface area contributed by atoms with Gasteiger partial charge in [0, 0.05) is 30.2 Å². The number of benzene rings is 2. The fourth-order valence-corrected chi connectivity index (χ4v) is 4.47. The van der Waals surface area contributed by atoms with Crippen molar-refractivity contribution in [1.82, 2.24) is 4.31 Å². The van der Waals surface area contributed by atoms with E-state index in [2.05, 4.69) is 0 Å². The predicted octanol–water partition coefficient (Wildman–Crippen LogP) is 2.83. The van der Waals surface area contributed by atoms with Gasteiger partial charge in [-0.15, -0.1) is 0 Å². The van der Waals surface area contributed by atoms with Gasteiger partial charge in [0.1, 0.15) is 0 Å². The van der Waals surface area contributed by atoms with Crippen molar-refractivity contribution in [3.63, 3.8) is 0 Å². The van der Waals surface area contributed by atoms with Crippen molar-refractivity contribution in [2.24, 2.45) is 5.73 Å². The molecule has 0 aliphatic carbocycles. The van der Waals surface area contributed by atoms with E-state index in [1.54, 1.807) is 19.1 Å². The molecule has 140 valence electrons. The van der Waals surface area contributed by atoms with E-state index >= 15 is 0 Å². The molecule has 9 heteroatoms. The summed E-state index contributed by atoms with van der Waals surface area (Å²) in [6.07, 6.45) is 0.367. The molecule has 0 saturated carbocycles. The van der Waals surface area contributed by atoms with Crippen LogP contribution < -0.4 is 5.73 Å². The minimum absolute atomic E-state index is 0.0405. The summed E-state index contributed by atoms with van der Waals surface area (Å²) in [6, 6.07) is 12.0. The van der Waals surface area contributed by atoms with E-state index < -0.39 is 26.7 Å². The van der Waals surface area contributed by atoms with Crippen molar-refractivity contribution in [3.8, 4) is 0 Å². The van der Waals surface area contributed by atoms with E-state index in [-0.39, 0.29) is 18.0 Å². The van der Waals surface area contributed by atoms with Gasteiger partial charge in [0.05, 0.1) is 4.92 Å². The van der Waals surface area contributed by atoms with Gasteiger partial charge < -0.3 is 5.73 Å². The lowest BCUT2D eigenvalue weighted by atomic mass is 10.1. The van der Waals surface area contributed by atoms with Crippen LogP contribution in [0.15, 0.2) is 53.4 Å². The van der Waals surface area contributed by atoms with E-state index in [4.69, 9.17) is 17.3 Å². The summed E-state index contributed by atoms with van der Waals surface area (Å²) in [5.74, 6) is 0. The lowest BCUT2D eigenvalue weighted by Crippen LogP contribution is -2.41. The number of nitrogens with zero attached hydrogens (tertiary/aromatic N) is 2. The van der Waals surface area contributed by atoms with Crippen LogP contribution in [0.4, 0.5) is 5.69 Å². The third-order valence-corrected chi connectivity index (χ3v) is 6.04. The molecule has 0 spiro atoms. The summed E-state index contributed by atoms with van der Waals surface area (Å²) >= 11 is 6.13. The summed E-state index contributed by atoms with van der Waals surface area (Å²) in [6.45, 7) is 1.83. The average molecular weight is 398 g/mol. The first-order valence-corrected chi connectivity index (χ1v) is 9.78. The van der Waals surface area contributed by atoms with Crippen LogP contribution in [-0.2, 0) is 16.4 Å². The topological polar surface area (TPSA) is 107 Å². The van der Waals surface area contributed by atoms with Crippen molar-refractivity contribution in [2.45, 2.75) is 24.3 Å². The van der Waals surface area contributed by atoms with Crippen LogP contribution in [0.5, 0.6) is 0 Å². The molecular weight excluding hydrogens is 378 g/mol. The lowest BCUT2D eigenvalue weighted by molar-refractivity contribution is -0.387. The fourth-order valence-electron chi connectivity index (χ4n) is 2.54. The van der Waals surface area contributed by atoms with Crippen molar-refractivity contribution < 1.29 is 13.3 Å². The third kappa shape index (κ3) is 4.79. The maximum absolute atomic E-state index is 13.0. The Morgan fingerprint density at radius 1 is 1.19 bits per heavy atom. The van der Waals surface area contributed by atoms with Crippen molar-refractivity contribution in [3.05, 3.63) is 69.2 Å². The third-order valence-electron chi connectivity index (χ3n) is 3.76. The van der Waals surface area contributed by atoms with Gasteiger partial charge in [-0.2, -0.15) is 4.31 Å². The first kappa shape index (κ1) is 20.3. The van der Waals surface area contributed by atoms with Crippen LogP contribution in [0.25, 0.3) is 0 Å². The second-order valence-corrected chi connectivity index (χ2v) is 8.22. The van der Waals surface area contributed by atoms with Gasteiger partial charge in [0.2, 0.25) is 10.0 Å². The molecule has 0 bridgehead atoms. The molecule has 26 heavy (non-hydrogen) atoms. The Kier molecular flexibility index (Phi) is 6.71. The van der Waals surface area contributed by atoms with E-state index in [9.17, 15) is 18.5 Å². The summed E-state index contributed by atoms with van der Waals surface area (Å²) in [7, 11) is -4.09. The minimum Gasteiger partial charge on any atom is -0.327 e. The first-order chi connectivity index (χ1) is 12.2. The molecule has 2 aromatic carbocycles. The zero-order valence-electron chi connectivity index (χ0n) is 14.2. The van der Waals surface area contributed by atoms with Crippen LogP contribution in [0.2, 0.25) is 5.02 Å². The highest BCUT2D eigenvalue weighted by Gasteiger charge is 2.31. The molecule has 2 aromatic rings. The van der Waals surface area contributed by atoms with Crippen molar-refractivity contribution in [1.29, 1.82) is 0 Å². The largest absolute Gasteiger partial charge is 0.327 e. The zero-order chi connectivity index (χ0) is 19.3. The number of nitro groups is 1. The minimum atomic E-state index is -4.09. The molecule has 0 unspecified atom stereocenters. The van der Waals surface area contributed by atoms with Crippen molar-refractivity contribution in [2.75, 3.05) is 13.1 Å². The molecule has 2 rings (SSSR count). The van der Waals surface area contributed by atoms with Crippen LogP contribution in [0, 0.1) is 10.1 Å². The molecular formula is C17H20ClN3O4S. The maximum Gasteiger partial charge on any atom is 0.289 e. The molecule has 0 aromatic heterocycles. The maximum atomic E-state index is 13.0. The smallest absolute Gasteiger partial charge is 0.289 e. The Bertz CT molecular complexity index is 887. The number of hydrogen-bond acceptors (Lipinski definition) is 5. The highest BCUT2D eigenvalue weighted by molar-refractivity contribution is 7.89. The van der Waals surface area contributed by atoms with E-state index in [1.807, 2.05) is 12.1 Å². The van der Waals surface area contributed by atoms with Gasteiger partial charge >= 0.3 is 0 Å². The summed E-state index contributed by atoms with van der Waals surface area (Å²) < 4.78 is 27.2. The number of nitrogens with two attached hydrogens (primary N) is 1. The van der Waals surface area contributed by atoms with Crippen LogP contribution in [0.1, 0.15) is 12.5 Å². The number of halogens is 1. The van der Waals surface area contributed by atoms with E-state index in [1.165, 1.54) is 28.6 Å². The SMILES string of the molecule is C[C@@H](N)CN(CCc1ccccc1Cl)S(=O)(=O)c1ccccc1[N+](=O)[O-]. The normalized spacial score (nSPS) is 12.9. The van der Waals surface area contributed by atoms with Crippen molar-refractivity contribution >= 4 is 27.3 Å². The van der Waals surface area contributed by atoms with Crippen LogP contribution in [0.3, 0.4) is 0 Å². The number of hydrogen-bond donors (Lipinski definition) is 1. The second-order valence-electron chi connectivity index (χ2n) is 5.91. The Morgan fingerprint density at radius 3 is 2.42 bits per heavy atom. The highest BCUT2D eigenvalue weighted by Crippen LogP contribution is 2.27. The van der Waals surface area contributed by atoms with Gasteiger partial charge in [0.25, 0.3) is 5.69 Å². The van der Waals surface area contributed by atoms with Gasteiger partial charge in [-0.3, -0.25) is 10.1 Å². The standard InChI is InChI=1S/C17H20ClN3O4S/c1-13(19)12-20(11-10-14-6-2-3-7-15(14)18)26(24,25)17-9-5-4-8-16(17)21(22)23/h2-9,13H,10-12,19H2,1H3/t13-/m1/s1. The summed E-state index contributed by atoms with van der Waals surface area (Å²) in [5, 5.41) is 11.8. The van der Waals surface area contributed by atoms with Gasteiger partial charge in [-0.1, -0.05) is 41.9 Å². The molecule has 0 radical (unpaired) electrons. The molecule has 0 aliphatic heterocycles. The molecule has 0 aliphatic rings. The predicted molar refractivity (Wildman–Crippen MR) is 101 cm³/mol. The molecule has 0 heterocycles. The first-order valence-electron chi connectivity index (χ1n) is 7.96. The molecule has 1 atom stereocenters. The number of para-hydroxylation sites is 1. The fraction of sp³-hybridized carbons (Fsp3) is 0.294. The number of sulfonamides is 1. The molecule has 0 saturated heterocycles. The highest BCUT2D eigenvalue weighted by atomic mass is 35.5. The Hall–Kier alpha value is -2.00. The molecule has 0 fully saturated rings.